The summed E-state index contributed by atoms with van der Waals surface area (Å²) in [5, 5.41) is 0. The number of carbonyl (C=O) groups is 2. The number of ether oxygens (including phenoxy) is 1. The molecule has 1 amide bonds. The second kappa shape index (κ2) is 4.09. The molecule has 1 saturated heterocycles. The van der Waals surface area contributed by atoms with Crippen molar-refractivity contribution in [2.75, 3.05) is 6.54 Å². The van der Waals surface area contributed by atoms with E-state index in [-0.39, 0.29) is 12.1 Å². The largest absolute Gasteiger partial charge is 0.463 e. The van der Waals surface area contributed by atoms with Crippen molar-refractivity contribution in [2.24, 2.45) is 0 Å². The molecule has 0 bridgehead atoms. The van der Waals surface area contributed by atoms with Crippen LogP contribution in [0.15, 0.2) is 0 Å². The van der Waals surface area contributed by atoms with Crippen LogP contribution in [0.2, 0.25) is 0 Å². The minimum atomic E-state index is -0.108. The van der Waals surface area contributed by atoms with Gasteiger partial charge in [-0.25, -0.2) is 0 Å². The third kappa shape index (κ3) is 1.96. The van der Waals surface area contributed by atoms with Crippen molar-refractivity contribution < 1.29 is 14.3 Å². The second-order valence-corrected chi connectivity index (χ2v) is 3.08. The fourth-order valence-corrected chi connectivity index (χ4v) is 1.44. The van der Waals surface area contributed by atoms with Crippen LogP contribution >= 0.6 is 0 Å². The maximum atomic E-state index is 10.5. The highest BCUT2D eigenvalue weighted by molar-refractivity contribution is 5.48. The molecule has 1 aliphatic heterocycles. The molecule has 2 atom stereocenters. The van der Waals surface area contributed by atoms with E-state index in [2.05, 4.69) is 0 Å². The van der Waals surface area contributed by atoms with Crippen molar-refractivity contribution in [3.8, 4) is 0 Å². The standard InChI is InChI=1S/C8H13NO3/c1-7-2-3-8(12-6-11)4-9(7)5-10/h5-8H,2-4H2,1H3/t7-,8+/m1/s1. The van der Waals surface area contributed by atoms with Gasteiger partial charge in [0, 0.05) is 6.04 Å². The van der Waals surface area contributed by atoms with Gasteiger partial charge in [0.1, 0.15) is 6.10 Å². The molecule has 0 aliphatic carbocycles. The van der Waals surface area contributed by atoms with E-state index in [4.69, 9.17) is 4.74 Å². The van der Waals surface area contributed by atoms with Gasteiger partial charge < -0.3 is 9.64 Å². The molecule has 12 heavy (non-hydrogen) atoms. The summed E-state index contributed by atoms with van der Waals surface area (Å²) >= 11 is 0. The molecule has 0 saturated carbocycles. The quantitative estimate of drug-likeness (QED) is 0.568. The molecule has 1 aliphatic rings. The maximum Gasteiger partial charge on any atom is 0.293 e. The Kier molecular flexibility index (Phi) is 3.08. The van der Waals surface area contributed by atoms with Crippen LogP contribution < -0.4 is 0 Å². The number of carbonyl (C=O) groups excluding carboxylic acids is 2. The highest BCUT2D eigenvalue weighted by Gasteiger charge is 2.24. The molecule has 1 fully saturated rings. The molecule has 0 unspecified atom stereocenters. The highest BCUT2D eigenvalue weighted by atomic mass is 16.5. The molecule has 0 radical (unpaired) electrons. The maximum absolute atomic E-state index is 10.5. The number of piperidine rings is 1. The molecule has 0 N–H and O–H groups in total. The first kappa shape index (κ1) is 9.03. The van der Waals surface area contributed by atoms with Crippen LogP contribution in [-0.4, -0.2) is 36.5 Å². The Morgan fingerprint density at radius 3 is 2.75 bits per heavy atom. The number of hydrogen-bond donors (Lipinski definition) is 0. The lowest BCUT2D eigenvalue weighted by molar-refractivity contribution is -0.140. The van der Waals surface area contributed by atoms with Crippen molar-refractivity contribution in [1.82, 2.24) is 4.90 Å². The average Bonchev–Trinajstić information content (AvgIpc) is 2.09. The Balaban J connectivity index is 2.43. The van der Waals surface area contributed by atoms with E-state index < -0.39 is 0 Å². The van der Waals surface area contributed by atoms with Gasteiger partial charge in [-0.15, -0.1) is 0 Å². The second-order valence-electron chi connectivity index (χ2n) is 3.08. The SMILES string of the molecule is C[C@@H]1CC[C@H](OC=O)CN1C=O. The lowest BCUT2D eigenvalue weighted by Gasteiger charge is -2.34. The first-order valence-electron chi connectivity index (χ1n) is 4.08. The van der Waals surface area contributed by atoms with E-state index in [0.717, 1.165) is 19.3 Å². The van der Waals surface area contributed by atoms with E-state index in [1.54, 1.807) is 4.90 Å². The van der Waals surface area contributed by atoms with Gasteiger partial charge in [-0.1, -0.05) is 0 Å². The predicted octanol–water partition coefficient (Wildman–Crippen LogP) is 0.169. The molecule has 0 aromatic rings. The fraction of sp³-hybridized carbons (Fsp3) is 0.750. The Bertz CT molecular complexity index is 172. The van der Waals surface area contributed by atoms with Crippen LogP contribution in [0, 0.1) is 0 Å². The molecule has 0 aromatic carbocycles. The fourth-order valence-electron chi connectivity index (χ4n) is 1.44. The molecule has 0 aromatic heterocycles. The topological polar surface area (TPSA) is 46.6 Å². The summed E-state index contributed by atoms with van der Waals surface area (Å²) in [5.41, 5.74) is 0. The minimum Gasteiger partial charge on any atom is -0.463 e. The molecular formula is C8H13NO3. The number of likely N-dealkylation sites (tertiary alicyclic amines) is 1. The molecule has 1 heterocycles. The first-order chi connectivity index (χ1) is 5.77. The summed E-state index contributed by atoms with van der Waals surface area (Å²) in [5.74, 6) is 0. The van der Waals surface area contributed by atoms with Crippen LogP contribution in [0.4, 0.5) is 0 Å². The predicted molar refractivity (Wildman–Crippen MR) is 42.4 cm³/mol. The van der Waals surface area contributed by atoms with E-state index in [0.29, 0.717) is 13.0 Å². The smallest absolute Gasteiger partial charge is 0.293 e. The number of amides is 1. The van der Waals surface area contributed by atoms with Gasteiger partial charge in [0.15, 0.2) is 0 Å². The van der Waals surface area contributed by atoms with Crippen LogP contribution in [-0.2, 0) is 14.3 Å². The lowest BCUT2D eigenvalue weighted by atomic mass is 10.0. The van der Waals surface area contributed by atoms with Crippen molar-refractivity contribution in [1.29, 1.82) is 0 Å². The van der Waals surface area contributed by atoms with Crippen LogP contribution in [0.3, 0.4) is 0 Å². The zero-order chi connectivity index (χ0) is 8.97. The van der Waals surface area contributed by atoms with E-state index in [1.165, 1.54) is 0 Å². The Morgan fingerprint density at radius 2 is 2.17 bits per heavy atom. The van der Waals surface area contributed by atoms with E-state index in [9.17, 15) is 9.59 Å². The number of rotatable bonds is 3. The van der Waals surface area contributed by atoms with Gasteiger partial charge in [0.25, 0.3) is 6.47 Å². The van der Waals surface area contributed by atoms with Crippen LogP contribution in [0.25, 0.3) is 0 Å². The zero-order valence-corrected chi connectivity index (χ0v) is 7.10. The summed E-state index contributed by atoms with van der Waals surface area (Å²) in [4.78, 5) is 22.2. The summed E-state index contributed by atoms with van der Waals surface area (Å²) in [6.07, 6.45) is 2.45. The first-order valence-corrected chi connectivity index (χ1v) is 4.08. The Morgan fingerprint density at radius 1 is 1.42 bits per heavy atom. The van der Waals surface area contributed by atoms with E-state index in [1.807, 2.05) is 6.92 Å². The van der Waals surface area contributed by atoms with Crippen molar-refractivity contribution in [3.05, 3.63) is 0 Å². The molecule has 1 rings (SSSR count). The van der Waals surface area contributed by atoms with Crippen molar-refractivity contribution >= 4 is 12.9 Å². The third-order valence-corrected chi connectivity index (χ3v) is 2.27. The van der Waals surface area contributed by atoms with E-state index >= 15 is 0 Å². The van der Waals surface area contributed by atoms with Gasteiger partial charge in [-0.2, -0.15) is 0 Å². The summed E-state index contributed by atoms with van der Waals surface area (Å²) in [6.45, 7) is 2.97. The highest BCUT2D eigenvalue weighted by Crippen LogP contribution is 2.16. The van der Waals surface area contributed by atoms with Crippen molar-refractivity contribution in [2.45, 2.75) is 31.9 Å². The van der Waals surface area contributed by atoms with Gasteiger partial charge in [0.05, 0.1) is 6.54 Å². The summed E-state index contributed by atoms with van der Waals surface area (Å²) in [6, 6.07) is 0.272. The summed E-state index contributed by atoms with van der Waals surface area (Å²) < 4.78 is 4.78. The van der Waals surface area contributed by atoms with Crippen molar-refractivity contribution in [3.63, 3.8) is 0 Å². The molecule has 0 spiro atoms. The third-order valence-electron chi connectivity index (χ3n) is 2.27. The van der Waals surface area contributed by atoms with Gasteiger partial charge >= 0.3 is 0 Å². The number of hydrogen-bond acceptors (Lipinski definition) is 3. The number of nitrogens with zero attached hydrogens (tertiary/aromatic N) is 1. The normalized spacial score (nSPS) is 29.6. The molecule has 68 valence electrons. The Labute approximate surface area is 71.5 Å². The van der Waals surface area contributed by atoms with Crippen LogP contribution in [0.1, 0.15) is 19.8 Å². The zero-order valence-electron chi connectivity index (χ0n) is 7.10. The molecular weight excluding hydrogens is 158 g/mol. The van der Waals surface area contributed by atoms with Gasteiger partial charge in [-0.3, -0.25) is 9.59 Å². The summed E-state index contributed by atoms with van der Waals surface area (Å²) in [7, 11) is 0. The molecule has 4 heteroatoms. The minimum absolute atomic E-state index is 0.108. The lowest BCUT2D eigenvalue weighted by Crippen LogP contribution is -2.43. The molecule has 4 nitrogen and oxygen atoms in total. The van der Waals surface area contributed by atoms with Gasteiger partial charge in [0.2, 0.25) is 6.41 Å². The van der Waals surface area contributed by atoms with Crippen LogP contribution in [0.5, 0.6) is 0 Å². The van der Waals surface area contributed by atoms with Gasteiger partial charge in [-0.05, 0) is 19.8 Å². The monoisotopic (exact) mass is 171 g/mol. The Hall–Kier alpha value is -1.06. The average molecular weight is 171 g/mol.